The number of carbonyl (C=O) groups excluding carboxylic acids is 1. The molecule has 0 amide bonds. The molecule has 1 rings (SSSR count). The molecule has 1 aliphatic rings. The summed E-state index contributed by atoms with van der Waals surface area (Å²) in [6.45, 7) is 2.19. The Bertz CT molecular complexity index is 334. The van der Waals surface area contributed by atoms with Gasteiger partial charge in [-0.3, -0.25) is 13.8 Å². The van der Waals surface area contributed by atoms with Gasteiger partial charge < -0.3 is 9.84 Å². The lowest BCUT2D eigenvalue weighted by molar-refractivity contribution is -0.147. The average Bonchev–Trinajstić information content (AvgIpc) is 2.31. The van der Waals surface area contributed by atoms with Crippen LogP contribution in [0.5, 0.6) is 0 Å². The normalized spacial score (nSPS) is 24.7. The minimum atomic E-state index is -1.32. The van der Waals surface area contributed by atoms with E-state index in [1.54, 1.807) is 0 Å². The molecular weight excluding hydrogens is 268 g/mol. The Kier molecular flexibility index (Phi) is 7.05. The summed E-state index contributed by atoms with van der Waals surface area (Å²) in [4.78, 5) is 21.9. The maximum absolute atomic E-state index is 11.6. The molecule has 1 atom stereocenters. The Labute approximate surface area is 116 Å². The lowest BCUT2D eigenvalue weighted by atomic mass is 9.89. The van der Waals surface area contributed by atoms with Gasteiger partial charge in [0.05, 0.1) is 0 Å². The van der Waals surface area contributed by atoms with E-state index in [0.717, 1.165) is 25.7 Å². The van der Waals surface area contributed by atoms with Crippen molar-refractivity contribution in [3.63, 3.8) is 0 Å². The summed E-state index contributed by atoms with van der Waals surface area (Å²) in [6.07, 6.45) is 4.20. The van der Waals surface area contributed by atoms with Gasteiger partial charge in [0.25, 0.3) is 0 Å². The molecule has 0 aromatic heterocycles. The predicted octanol–water partition coefficient (Wildman–Crippen LogP) is 1.72. The van der Waals surface area contributed by atoms with E-state index >= 15 is 0 Å². The Morgan fingerprint density at radius 2 is 1.89 bits per heavy atom. The number of rotatable bonds is 7. The van der Waals surface area contributed by atoms with E-state index in [9.17, 15) is 13.8 Å². The minimum Gasteiger partial charge on any atom is -0.481 e. The molecule has 1 saturated carbocycles. The van der Waals surface area contributed by atoms with Gasteiger partial charge in [0.2, 0.25) is 0 Å². The average molecular weight is 290 g/mol. The molecular formula is C13H22O5S. The fourth-order valence-corrected chi connectivity index (χ4v) is 3.10. The first-order valence-corrected chi connectivity index (χ1v) is 8.22. The van der Waals surface area contributed by atoms with Gasteiger partial charge in [0.1, 0.15) is 11.9 Å². The van der Waals surface area contributed by atoms with E-state index in [2.05, 4.69) is 6.92 Å². The van der Waals surface area contributed by atoms with Crippen LogP contribution in [0.2, 0.25) is 0 Å². The zero-order valence-corrected chi connectivity index (χ0v) is 12.1. The van der Waals surface area contributed by atoms with Crippen molar-refractivity contribution in [3.8, 4) is 0 Å². The van der Waals surface area contributed by atoms with Crippen molar-refractivity contribution in [2.75, 3.05) is 11.5 Å². The van der Waals surface area contributed by atoms with Crippen LogP contribution in [0, 0.1) is 5.92 Å². The lowest BCUT2D eigenvalue weighted by Gasteiger charge is -2.25. The molecule has 1 aliphatic carbocycles. The van der Waals surface area contributed by atoms with Gasteiger partial charge in [-0.1, -0.05) is 6.92 Å². The van der Waals surface area contributed by atoms with E-state index in [-0.39, 0.29) is 24.0 Å². The summed E-state index contributed by atoms with van der Waals surface area (Å²) < 4.78 is 16.8. The van der Waals surface area contributed by atoms with Crippen LogP contribution in [-0.4, -0.2) is 38.9 Å². The van der Waals surface area contributed by atoms with Crippen LogP contribution in [0.4, 0.5) is 0 Å². The van der Waals surface area contributed by atoms with E-state index in [1.807, 2.05) is 0 Å². The van der Waals surface area contributed by atoms with Crippen LogP contribution in [0.1, 0.15) is 45.4 Å². The van der Waals surface area contributed by atoms with Crippen molar-refractivity contribution in [1.82, 2.24) is 0 Å². The van der Waals surface area contributed by atoms with Gasteiger partial charge in [-0.2, -0.15) is 0 Å². The third kappa shape index (κ3) is 7.30. The first kappa shape index (κ1) is 16.1. The highest BCUT2D eigenvalue weighted by Crippen LogP contribution is 2.25. The van der Waals surface area contributed by atoms with Gasteiger partial charge in [0, 0.05) is 23.0 Å². The quantitative estimate of drug-likeness (QED) is 0.722. The molecule has 1 fully saturated rings. The number of hydrogen-bond acceptors (Lipinski definition) is 4. The SMILES string of the molecule is CC1CCC(OC(=O)CS(=O)CCCC(=O)O)CC1. The third-order valence-corrected chi connectivity index (χ3v) is 4.60. The Hall–Kier alpha value is -0.910. The fraction of sp³-hybridized carbons (Fsp3) is 0.846. The first-order chi connectivity index (χ1) is 8.97. The summed E-state index contributed by atoms with van der Waals surface area (Å²) >= 11 is 0. The molecule has 110 valence electrons. The van der Waals surface area contributed by atoms with Crippen molar-refractivity contribution in [3.05, 3.63) is 0 Å². The monoisotopic (exact) mass is 290 g/mol. The van der Waals surface area contributed by atoms with Gasteiger partial charge >= 0.3 is 11.9 Å². The molecule has 5 nitrogen and oxygen atoms in total. The fourth-order valence-electron chi connectivity index (χ4n) is 2.16. The summed E-state index contributed by atoms with van der Waals surface area (Å²) in [5.41, 5.74) is 0. The molecule has 1 N–H and O–H groups in total. The van der Waals surface area contributed by atoms with Gasteiger partial charge in [-0.15, -0.1) is 0 Å². The molecule has 0 saturated heterocycles. The number of aliphatic carboxylic acids is 1. The topological polar surface area (TPSA) is 80.7 Å². The van der Waals surface area contributed by atoms with Crippen molar-refractivity contribution in [2.45, 2.75) is 51.6 Å². The van der Waals surface area contributed by atoms with Crippen molar-refractivity contribution < 1.29 is 23.6 Å². The minimum absolute atomic E-state index is 0.0126. The van der Waals surface area contributed by atoms with E-state index in [1.165, 1.54) is 0 Å². The predicted molar refractivity (Wildman–Crippen MR) is 72.3 cm³/mol. The van der Waals surface area contributed by atoms with Crippen LogP contribution in [-0.2, 0) is 25.1 Å². The molecule has 6 heteroatoms. The van der Waals surface area contributed by atoms with Crippen LogP contribution in [0.25, 0.3) is 0 Å². The third-order valence-electron chi connectivity index (χ3n) is 3.30. The van der Waals surface area contributed by atoms with Gasteiger partial charge in [-0.05, 0) is 38.0 Å². The first-order valence-electron chi connectivity index (χ1n) is 6.73. The molecule has 0 spiro atoms. The molecule has 0 heterocycles. The Morgan fingerprint density at radius 1 is 1.26 bits per heavy atom. The molecule has 0 bridgehead atoms. The van der Waals surface area contributed by atoms with E-state index < -0.39 is 22.7 Å². The van der Waals surface area contributed by atoms with Gasteiger partial charge in [-0.25, -0.2) is 0 Å². The van der Waals surface area contributed by atoms with Crippen molar-refractivity contribution >= 4 is 22.7 Å². The number of ether oxygens (including phenoxy) is 1. The largest absolute Gasteiger partial charge is 0.481 e. The lowest BCUT2D eigenvalue weighted by Crippen LogP contribution is -2.26. The van der Waals surface area contributed by atoms with Crippen LogP contribution in [0.15, 0.2) is 0 Å². The molecule has 0 radical (unpaired) electrons. The zero-order valence-electron chi connectivity index (χ0n) is 11.3. The molecule has 19 heavy (non-hydrogen) atoms. The highest BCUT2D eigenvalue weighted by molar-refractivity contribution is 7.85. The van der Waals surface area contributed by atoms with Crippen LogP contribution in [0.3, 0.4) is 0 Å². The number of hydrogen-bond donors (Lipinski definition) is 1. The summed E-state index contributed by atoms with van der Waals surface area (Å²) in [5, 5.41) is 8.46. The second-order valence-corrected chi connectivity index (χ2v) is 6.73. The zero-order chi connectivity index (χ0) is 14.3. The number of esters is 1. The summed E-state index contributed by atoms with van der Waals surface area (Å²) in [7, 11) is -1.32. The summed E-state index contributed by atoms with van der Waals surface area (Å²) in [5.74, 6) is -0.515. The number of carboxylic acids is 1. The standard InChI is InChI=1S/C13H22O5S/c1-10-4-6-11(7-5-10)18-13(16)9-19(17)8-2-3-12(14)15/h10-11H,2-9H2,1H3,(H,14,15). The maximum Gasteiger partial charge on any atom is 0.318 e. The Balaban J connectivity index is 2.16. The molecule has 1 unspecified atom stereocenters. The second-order valence-electron chi connectivity index (χ2n) is 5.16. The highest BCUT2D eigenvalue weighted by atomic mass is 32.2. The van der Waals surface area contributed by atoms with Crippen LogP contribution < -0.4 is 0 Å². The van der Waals surface area contributed by atoms with Crippen molar-refractivity contribution in [1.29, 1.82) is 0 Å². The Morgan fingerprint density at radius 3 is 2.47 bits per heavy atom. The molecule has 0 aromatic rings. The second kappa shape index (κ2) is 8.30. The highest BCUT2D eigenvalue weighted by Gasteiger charge is 2.22. The number of carboxylic acid groups (broad SMARTS) is 1. The van der Waals surface area contributed by atoms with E-state index in [0.29, 0.717) is 12.3 Å². The van der Waals surface area contributed by atoms with E-state index in [4.69, 9.17) is 9.84 Å². The molecule has 0 aliphatic heterocycles. The van der Waals surface area contributed by atoms with Gasteiger partial charge in [0.15, 0.2) is 0 Å². The van der Waals surface area contributed by atoms with Crippen molar-refractivity contribution in [2.24, 2.45) is 5.92 Å². The number of carbonyl (C=O) groups is 2. The maximum atomic E-state index is 11.6. The molecule has 0 aromatic carbocycles. The smallest absolute Gasteiger partial charge is 0.318 e. The van der Waals surface area contributed by atoms with Crippen LogP contribution >= 0.6 is 0 Å². The summed E-state index contributed by atoms with van der Waals surface area (Å²) in [6, 6.07) is 0.